The second kappa shape index (κ2) is 5.78. The number of thiophene rings is 1. The molecule has 4 heteroatoms. The Morgan fingerprint density at radius 3 is 3.07 bits per heavy atom. The molecule has 3 nitrogen and oxygen atoms in total. The lowest BCUT2D eigenvalue weighted by molar-refractivity contribution is -0.122. The zero-order chi connectivity index (χ0) is 10.4. The smallest absolute Gasteiger partial charge is 0.220 e. The average molecular weight is 213 g/mol. The van der Waals surface area contributed by atoms with Crippen LogP contribution in [-0.4, -0.2) is 17.6 Å². The van der Waals surface area contributed by atoms with Gasteiger partial charge in [-0.3, -0.25) is 4.79 Å². The largest absolute Gasteiger partial charge is 0.396 e. The number of rotatable bonds is 5. The number of aliphatic hydroxyl groups is 1. The van der Waals surface area contributed by atoms with E-state index in [0.717, 1.165) is 4.88 Å². The highest BCUT2D eigenvalue weighted by Crippen LogP contribution is 2.17. The van der Waals surface area contributed by atoms with Crippen molar-refractivity contribution < 1.29 is 9.90 Å². The van der Waals surface area contributed by atoms with Gasteiger partial charge in [0.25, 0.3) is 0 Å². The van der Waals surface area contributed by atoms with Crippen LogP contribution in [0.15, 0.2) is 17.5 Å². The minimum absolute atomic E-state index is 0.0000463. The number of amides is 1. The zero-order valence-corrected chi connectivity index (χ0v) is 9.01. The van der Waals surface area contributed by atoms with Crippen LogP contribution >= 0.6 is 11.3 Å². The van der Waals surface area contributed by atoms with Crippen LogP contribution < -0.4 is 5.32 Å². The first-order chi connectivity index (χ1) is 6.74. The van der Waals surface area contributed by atoms with E-state index in [1.54, 1.807) is 11.3 Å². The standard InChI is InChI=1S/C10H15NO2S/c1-8(9-4-3-7-14-9)11-10(13)5-2-6-12/h3-4,7-8,12H,2,5-6H2,1H3,(H,11,13)/t8-/m1/s1. The fourth-order valence-corrected chi connectivity index (χ4v) is 1.90. The van der Waals surface area contributed by atoms with Gasteiger partial charge in [0, 0.05) is 17.9 Å². The van der Waals surface area contributed by atoms with E-state index < -0.39 is 0 Å². The normalized spacial score (nSPS) is 12.4. The monoisotopic (exact) mass is 213 g/mol. The minimum atomic E-state index is -0.0000463. The summed E-state index contributed by atoms with van der Waals surface area (Å²) in [5.41, 5.74) is 0. The van der Waals surface area contributed by atoms with Crippen LogP contribution in [-0.2, 0) is 4.79 Å². The van der Waals surface area contributed by atoms with Gasteiger partial charge in [-0.2, -0.15) is 0 Å². The number of aliphatic hydroxyl groups excluding tert-OH is 1. The van der Waals surface area contributed by atoms with Crippen molar-refractivity contribution in [3.8, 4) is 0 Å². The molecule has 78 valence electrons. The molecule has 0 saturated carbocycles. The Hall–Kier alpha value is -0.870. The van der Waals surface area contributed by atoms with E-state index in [-0.39, 0.29) is 18.6 Å². The van der Waals surface area contributed by atoms with Gasteiger partial charge in [-0.25, -0.2) is 0 Å². The molecule has 0 saturated heterocycles. The van der Waals surface area contributed by atoms with Crippen molar-refractivity contribution in [3.63, 3.8) is 0 Å². The third kappa shape index (κ3) is 3.47. The highest BCUT2D eigenvalue weighted by Gasteiger charge is 2.09. The molecule has 1 atom stereocenters. The summed E-state index contributed by atoms with van der Waals surface area (Å²) in [6.45, 7) is 2.03. The van der Waals surface area contributed by atoms with Gasteiger partial charge in [0.2, 0.25) is 5.91 Å². The molecular formula is C10H15NO2S. The third-order valence-electron chi connectivity index (χ3n) is 1.91. The van der Waals surface area contributed by atoms with E-state index in [1.807, 2.05) is 24.4 Å². The van der Waals surface area contributed by atoms with Crippen LogP contribution in [0.2, 0.25) is 0 Å². The highest BCUT2D eigenvalue weighted by molar-refractivity contribution is 7.10. The number of carbonyl (C=O) groups is 1. The van der Waals surface area contributed by atoms with Crippen molar-refractivity contribution >= 4 is 17.2 Å². The SMILES string of the molecule is C[C@@H](NC(=O)CCCO)c1cccs1. The van der Waals surface area contributed by atoms with Crippen LogP contribution in [0.1, 0.15) is 30.7 Å². The van der Waals surface area contributed by atoms with Crippen LogP contribution in [0.3, 0.4) is 0 Å². The van der Waals surface area contributed by atoms with Crippen molar-refractivity contribution in [3.05, 3.63) is 22.4 Å². The summed E-state index contributed by atoms with van der Waals surface area (Å²) in [6, 6.07) is 4.04. The van der Waals surface area contributed by atoms with E-state index in [0.29, 0.717) is 12.8 Å². The molecule has 0 unspecified atom stereocenters. The lowest BCUT2D eigenvalue weighted by atomic mass is 10.2. The molecule has 0 aromatic carbocycles. The minimum Gasteiger partial charge on any atom is -0.396 e. The Bertz CT molecular complexity index is 272. The fourth-order valence-electron chi connectivity index (χ4n) is 1.16. The van der Waals surface area contributed by atoms with E-state index in [4.69, 9.17) is 5.11 Å². The molecule has 0 radical (unpaired) electrons. The summed E-state index contributed by atoms with van der Waals surface area (Å²) in [7, 11) is 0. The summed E-state index contributed by atoms with van der Waals surface area (Å²) >= 11 is 1.63. The predicted molar refractivity (Wildman–Crippen MR) is 57.2 cm³/mol. The van der Waals surface area contributed by atoms with Gasteiger partial charge in [0.1, 0.15) is 0 Å². The Morgan fingerprint density at radius 1 is 1.71 bits per heavy atom. The molecule has 0 aliphatic rings. The van der Waals surface area contributed by atoms with Crippen LogP contribution in [0.25, 0.3) is 0 Å². The van der Waals surface area contributed by atoms with Gasteiger partial charge >= 0.3 is 0 Å². The van der Waals surface area contributed by atoms with Crippen molar-refractivity contribution in [1.29, 1.82) is 0 Å². The zero-order valence-electron chi connectivity index (χ0n) is 8.19. The lowest BCUT2D eigenvalue weighted by Crippen LogP contribution is -2.25. The maximum absolute atomic E-state index is 11.3. The first-order valence-corrected chi connectivity index (χ1v) is 5.55. The Labute approximate surface area is 87.8 Å². The predicted octanol–water partition coefficient (Wildman–Crippen LogP) is 1.70. The van der Waals surface area contributed by atoms with E-state index in [1.165, 1.54) is 0 Å². The second-order valence-electron chi connectivity index (χ2n) is 3.13. The summed E-state index contributed by atoms with van der Waals surface area (Å²) in [5, 5.41) is 13.4. The van der Waals surface area contributed by atoms with Gasteiger partial charge < -0.3 is 10.4 Å². The molecule has 0 spiro atoms. The summed E-state index contributed by atoms with van der Waals surface area (Å²) < 4.78 is 0. The number of carbonyl (C=O) groups excluding carboxylic acids is 1. The molecule has 1 rings (SSSR count). The molecule has 0 aliphatic carbocycles. The molecule has 0 aliphatic heterocycles. The summed E-state index contributed by atoms with van der Waals surface area (Å²) in [6.07, 6.45) is 0.926. The van der Waals surface area contributed by atoms with Crippen molar-refractivity contribution in [2.45, 2.75) is 25.8 Å². The quantitative estimate of drug-likeness (QED) is 0.782. The Kier molecular flexibility index (Phi) is 4.62. The summed E-state index contributed by atoms with van der Waals surface area (Å²) in [5.74, 6) is -0.0000463. The number of hydrogen-bond acceptors (Lipinski definition) is 3. The molecule has 1 amide bonds. The van der Waals surface area contributed by atoms with E-state index in [9.17, 15) is 4.79 Å². The first kappa shape index (κ1) is 11.2. The van der Waals surface area contributed by atoms with Gasteiger partial charge in [-0.1, -0.05) is 6.07 Å². The van der Waals surface area contributed by atoms with E-state index >= 15 is 0 Å². The Morgan fingerprint density at radius 2 is 2.50 bits per heavy atom. The number of nitrogens with one attached hydrogen (secondary N) is 1. The molecule has 1 aromatic heterocycles. The highest BCUT2D eigenvalue weighted by atomic mass is 32.1. The maximum Gasteiger partial charge on any atom is 0.220 e. The van der Waals surface area contributed by atoms with Crippen LogP contribution in [0, 0.1) is 0 Å². The van der Waals surface area contributed by atoms with Gasteiger partial charge in [0.15, 0.2) is 0 Å². The number of hydrogen-bond donors (Lipinski definition) is 2. The van der Waals surface area contributed by atoms with Crippen molar-refractivity contribution in [2.24, 2.45) is 0 Å². The molecule has 0 fully saturated rings. The van der Waals surface area contributed by atoms with Crippen molar-refractivity contribution in [2.75, 3.05) is 6.61 Å². The van der Waals surface area contributed by atoms with E-state index in [2.05, 4.69) is 5.32 Å². The fraction of sp³-hybridized carbons (Fsp3) is 0.500. The van der Waals surface area contributed by atoms with Crippen LogP contribution in [0.5, 0.6) is 0 Å². The maximum atomic E-state index is 11.3. The summed E-state index contributed by atoms with van der Waals surface area (Å²) in [4.78, 5) is 12.4. The molecule has 1 heterocycles. The van der Waals surface area contributed by atoms with Crippen LogP contribution in [0.4, 0.5) is 0 Å². The Balaban J connectivity index is 2.33. The molecule has 1 aromatic rings. The molecule has 0 bridgehead atoms. The third-order valence-corrected chi connectivity index (χ3v) is 2.96. The lowest BCUT2D eigenvalue weighted by Gasteiger charge is -2.11. The second-order valence-corrected chi connectivity index (χ2v) is 4.11. The molecule has 2 N–H and O–H groups in total. The molecular weight excluding hydrogens is 198 g/mol. The van der Waals surface area contributed by atoms with Gasteiger partial charge in [-0.05, 0) is 24.8 Å². The van der Waals surface area contributed by atoms with Gasteiger partial charge in [0.05, 0.1) is 6.04 Å². The molecule has 14 heavy (non-hydrogen) atoms. The van der Waals surface area contributed by atoms with Gasteiger partial charge in [-0.15, -0.1) is 11.3 Å². The van der Waals surface area contributed by atoms with Crippen molar-refractivity contribution in [1.82, 2.24) is 5.32 Å². The average Bonchev–Trinajstić information content (AvgIpc) is 2.67. The first-order valence-electron chi connectivity index (χ1n) is 4.67. The topological polar surface area (TPSA) is 49.3 Å².